The zero-order chi connectivity index (χ0) is 14.8. The van der Waals surface area contributed by atoms with Gasteiger partial charge in [-0.2, -0.15) is 0 Å². The van der Waals surface area contributed by atoms with E-state index in [0.29, 0.717) is 11.4 Å². The number of fused-ring (bicyclic) bond motifs is 1. The van der Waals surface area contributed by atoms with Crippen molar-refractivity contribution in [3.8, 4) is 5.75 Å². The molecule has 1 aliphatic rings. The van der Waals surface area contributed by atoms with Gasteiger partial charge in [0.15, 0.2) is 5.82 Å². The fourth-order valence-electron chi connectivity index (χ4n) is 2.09. The molecule has 2 aromatic rings. The van der Waals surface area contributed by atoms with E-state index in [2.05, 4.69) is 21.7 Å². The Hall–Kier alpha value is -2.27. The number of aliphatic imine (C=N–C) groups is 1. The number of nitrogens with zero attached hydrogens (tertiary/aromatic N) is 1. The lowest BCUT2D eigenvalue weighted by Gasteiger charge is -2.23. The summed E-state index contributed by atoms with van der Waals surface area (Å²) >= 11 is 5.78. The van der Waals surface area contributed by atoms with E-state index in [1.54, 1.807) is 31.6 Å². The molecule has 3 rings (SSSR count). The summed E-state index contributed by atoms with van der Waals surface area (Å²) < 4.78 is 19.1. The van der Waals surface area contributed by atoms with Crippen LogP contribution in [0.5, 0.6) is 5.75 Å². The first-order valence-electron chi connectivity index (χ1n) is 6.27. The average molecular weight is 305 g/mol. The molecule has 0 aliphatic carbocycles. The second kappa shape index (κ2) is 5.61. The molecule has 1 radical (unpaired) electrons. The van der Waals surface area contributed by atoms with Gasteiger partial charge in [-0.15, -0.1) is 0 Å². The molecule has 107 valence electrons. The molecule has 4 nitrogen and oxygen atoms in total. The molecule has 0 fully saturated rings. The average Bonchev–Trinajstić information content (AvgIpc) is 2.51. The Morgan fingerprint density at radius 2 is 2.33 bits per heavy atom. The molecule has 21 heavy (non-hydrogen) atoms. The van der Waals surface area contributed by atoms with Gasteiger partial charge < -0.3 is 15.4 Å². The van der Waals surface area contributed by atoms with Crippen molar-refractivity contribution in [2.45, 2.75) is 6.17 Å². The SMILES string of the molecule is COc1[c]cc2c(c1)NC=NC2Nc1cccc(Cl)c1F. The molecule has 2 N–H and O–H groups in total. The first-order chi connectivity index (χ1) is 10.2. The molecular formula is C15H12ClFN3O. The molecule has 2 aromatic carbocycles. The van der Waals surface area contributed by atoms with Crippen molar-refractivity contribution >= 4 is 29.3 Å². The van der Waals surface area contributed by atoms with Crippen LogP contribution in [0.2, 0.25) is 5.02 Å². The van der Waals surface area contributed by atoms with E-state index in [1.165, 1.54) is 6.07 Å². The summed E-state index contributed by atoms with van der Waals surface area (Å²) in [7, 11) is 1.58. The Morgan fingerprint density at radius 1 is 1.48 bits per heavy atom. The predicted octanol–water partition coefficient (Wildman–Crippen LogP) is 3.85. The number of nitrogens with one attached hydrogen (secondary N) is 2. The number of halogens is 2. The van der Waals surface area contributed by atoms with Crippen LogP contribution in [0.4, 0.5) is 15.8 Å². The van der Waals surface area contributed by atoms with E-state index in [4.69, 9.17) is 16.3 Å². The van der Waals surface area contributed by atoms with Crippen molar-refractivity contribution in [1.82, 2.24) is 0 Å². The Labute approximate surface area is 126 Å². The van der Waals surface area contributed by atoms with Gasteiger partial charge in [0.2, 0.25) is 0 Å². The molecule has 0 saturated heterocycles. The highest BCUT2D eigenvalue weighted by Crippen LogP contribution is 2.33. The summed E-state index contributed by atoms with van der Waals surface area (Å²) in [6.07, 6.45) is 1.14. The summed E-state index contributed by atoms with van der Waals surface area (Å²) in [5.74, 6) is 0.121. The molecule has 1 heterocycles. The van der Waals surface area contributed by atoms with E-state index >= 15 is 0 Å². The minimum atomic E-state index is -0.494. The maximum absolute atomic E-state index is 14.0. The Morgan fingerprint density at radius 3 is 3.14 bits per heavy atom. The van der Waals surface area contributed by atoms with Crippen molar-refractivity contribution in [2.75, 3.05) is 17.7 Å². The molecule has 0 aromatic heterocycles. The van der Waals surface area contributed by atoms with Crippen LogP contribution < -0.4 is 15.4 Å². The van der Waals surface area contributed by atoms with Crippen LogP contribution in [0.3, 0.4) is 0 Å². The highest BCUT2D eigenvalue weighted by Gasteiger charge is 2.19. The molecule has 1 unspecified atom stereocenters. The Balaban J connectivity index is 1.92. The van der Waals surface area contributed by atoms with Crippen LogP contribution >= 0.6 is 11.6 Å². The van der Waals surface area contributed by atoms with Crippen molar-refractivity contribution < 1.29 is 9.13 Å². The first-order valence-corrected chi connectivity index (χ1v) is 6.65. The minimum Gasteiger partial charge on any atom is -0.496 e. The second-order valence-electron chi connectivity index (χ2n) is 4.44. The molecular weight excluding hydrogens is 293 g/mol. The summed E-state index contributed by atoms with van der Waals surface area (Å²) in [4.78, 5) is 4.27. The standard InChI is InChI=1S/C15H12ClFN3O/c1-21-9-5-6-10-13(7-9)18-8-19-15(10)20-12-4-2-3-11(16)14(12)17/h2-4,6-8,15,20H,1H3,(H,18,19). The number of rotatable bonds is 3. The van der Waals surface area contributed by atoms with Crippen molar-refractivity contribution in [2.24, 2.45) is 4.99 Å². The fourth-order valence-corrected chi connectivity index (χ4v) is 2.27. The van der Waals surface area contributed by atoms with Gasteiger partial charge in [-0.05, 0) is 18.2 Å². The van der Waals surface area contributed by atoms with Crippen LogP contribution in [-0.2, 0) is 0 Å². The monoisotopic (exact) mass is 304 g/mol. The number of methoxy groups -OCH3 is 1. The lowest BCUT2D eigenvalue weighted by Crippen LogP contribution is -2.17. The van der Waals surface area contributed by atoms with Crippen LogP contribution in [-0.4, -0.2) is 13.4 Å². The third-order valence-electron chi connectivity index (χ3n) is 3.16. The molecule has 0 saturated carbocycles. The van der Waals surface area contributed by atoms with Crippen LogP contribution in [0.15, 0.2) is 35.3 Å². The zero-order valence-corrected chi connectivity index (χ0v) is 11.9. The number of anilines is 2. The summed E-state index contributed by atoms with van der Waals surface area (Å²) in [5.41, 5.74) is 1.98. The van der Waals surface area contributed by atoms with Gasteiger partial charge in [0.05, 0.1) is 29.8 Å². The second-order valence-corrected chi connectivity index (χ2v) is 4.85. The lowest BCUT2D eigenvalue weighted by atomic mass is 10.1. The number of ether oxygens (including phenoxy) is 1. The number of hydrogen-bond acceptors (Lipinski definition) is 4. The minimum absolute atomic E-state index is 0.0689. The fraction of sp³-hybridized carbons (Fsp3) is 0.133. The van der Waals surface area contributed by atoms with Gasteiger partial charge in [-0.3, -0.25) is 0 Å². The largest absolute Gasteiger partial charge is 0.496 e. The maximum atomic E-state index is 14.0. The van der Waals surface area contributed by atoms with E-state index in [0.717, 1.165) is 11.3 Å². The van der Waals surface area contributed by atoms with Crippen LogP contribution in [0.25, 0.3) is 0 Å². The highest BCUT2D eigenvalue weighted by molar-refractivity contribution is 6.31. The first kappa shape index (κ1) is 13.7. The summed E-state index contributed by atoms with van der Waals surface area (Å²) in [5, 5.41) is 6.12. The quantitative estimate of drug-likeness (QED) is 0.905. The predicted molar refractivity (Wildman–Crippen MR) is 81.7 cm³/mol. The molecule has 1 aliphatic heterocycles. The summed E-state index contributed by atoms with van der Waals surface area (Å²) in [6.45, 7) is 0. The van der Waals surface area contributed by atoms with Crippen LogP contribution in [0.1, 0.15) is 11.7 Å². The topological polar surface area (TPSA) is 45.6 Å². The number of hydrogen-bond donors (Lipinski definition) is 2. The summed E-state index contributed by atoms with van der Waals surface area (Å²) in [6, 6.07) is 11.4. The Kier molecular flexibility index (Phi) is 3.66. The normalized spacial score (nSPS) is 16.0. The third-order valence-corrected chi connectivity index (χ3v) is 3.45. The smallest absolute Gasteiger partial charge is 0.164 e. The van der Waals surface area contributed by atoms with Crippen molar-refractivity contribution in [1.29, 1.82) is 0 Å². The van der Waals surface area contributed by atoms with E-state index in [1.807, 2.05) is 6.07 Å². The van der Waals surface area contributed by atoms with E-state index < -0.39 is 12.0 Å². The van der Waals surface area contributed by atoms with Crippen LogP contribution in [0, 0.1) is 11.9 Å². The lowest BCUT2D eigenvalue weighted by molar-refractivity contribution is 0.414. The maximum Gasteiger partial charge on any atom is 0.164 e. The van der Waals surface area contributed by atoms with Gasteiger partial charge in [0.1, 0.15) is 11.9 Å². The highest BCUT2D eigenvalue weighted by atomic mass is 35.5. The molecule has 6 heteroatoms. The van der Waals surface area contributed by atoms with Gasteiger partial charge in [-0.25, -0.2) is 9.38 Å². The van der Waals surface area contributed by atoms with Gasteiger partial charge in [0, 0.05) is 17.7 Å². The molecule has 0 amide bonds. The van der Waals surface area contributed by atoms with Gasteiger partial charge in [-0.1, -0.05) is 17.7 Å². The molecule has 1 atom stereocenters. The third kappa shape index (κ3) is 2.64. The van der Waals surface area contributed by atoms with Crippen molar-refractivity contribution in [3.05, 3.63) is 52.8 Å². The molecule has 0 spiro atoms. The van der Waals surface area contributed by atoms with E-state index in [9.17, 15) is 4.39 Å². The number of benzene rings is 2. The molecule has 0 bridgehead atoms. The van der Waals surface area contributed by atoms with E-state index in [-0.39, 0.29) is 5.02 Å². The van der Waals surface area contributed by atoms with Gasteiger partial charge in [0.25, 0.3) is 0 Å². The van der Waals surface area contributed by atoms with Gasteiger partial charge >= 0.3 is 0 Å². The van der Waals surface area contributed by atoms with Crippen molar-refractivity contribution in [3.63, 3.8) is 0 Å². The Bertz CT molecular complexity index is 705. The zero-order valence-electron chi connectivity index (χ0n) is 11.2.